The molecule has 0 spiro atoms. The third-order valence-electron chi connectivity index (χ3n) is 3.57. The average molecular weight is 271 g/mol. The summed E-state index contributed by atoms with van der Waals surface area (Å²) in [7, 11) is 0. The third-order valence-corrected chi connectivity index (χ3v) is 3.57. The van der Waals surface area contributed by atoms with Gasteiger partial charge in [0.2, 0.25) is 0 Å². The highest BCUT2D eigenvalue weighted by Gasteiger charge is 2.31. The molecular formula is C15H17N3O2. The number of carboxylic acid groups (broad SMARTS) is 1. The first-order chi connectivity index (χ1) is 9.56. The molecule has 5 heteroatoms. The molecule has 5 nitrogen and oxygen atoms in total. The van der Waals surface area contributed by atoms with Gasteiger partial charge in [-0.3, -0.25) is 0 Å². The van der Waals surface area contributed by atoms with E-state index < -0.39 is 5.97 Å². The Morgan fingerprint density at radius 1 is 1.30 bits per heavy atom. The fraction of sp³-hybridized carbons (Fsp3) is 0.400. The van der Waals surface area contributed by atoms with Gasteiger partial charge in [0, 0.05) is 5.92 Å². The van der Waals surface area contributed by atoms with Crippen LogP contribution in [-0.4, -0.2) is 25.8 Å². The molecule has 0 radical (unpaired) electrons. The van der Waals surface area contributed by atoms with Gasteiger partial charge in [0.15, 0.2) is 0 Å². The van der Waals surface area contributed by atoms with Crippen molar-refractivity contribution in [2.75, 3.05) is 0 Å². The number of nitrogens with zero attached hydrogens (tertiary/aromatic N) is 3. The fourth-order valence-corrected chi connectivity index (χ4v) is 2.21. The van der Waals surface area contributed by atoms with Crippen LogP contribution in [-0.2, 0) is 0 Å². The lowest BCUT2D eigenvalue weighted by molar-refractivity contribution is 0.0683. The highest BCUT2D eigenvalue weighted by Crippen LogP contribution is 2.39. The number of hydrogen-bond donors (Lipinski definition) is 1. The molecule has 0 amide bonds. The SMILES string of the molecule is CC(C)c1ccc(-n2nc(C(=O)O)nc2C2CC2)cc1. The summed E-state index contributed by atoms with van der Waals surface area (Å²) in [5, 5.41) is 13.2. The van der Waals surface area contributed by atoms with E-state index in [1.165, 1.54) is 5.56 Å². The highest BCUT2D eigenvalue weighted by molar-refractivity contribution is 5.83. The van der Waals surface area contributed by atoms with Crippen LogP contribution in [0.15, 0.2) is 24.3 Å². The molecule has 1 heterocycles. The van der Waals surface area contributed by atoms with Crippen molar-refractivity contribution in [3.8, 4) is 5.69 Å². The molecule has 1 saturated carbocycles. The van der Waals surface area contributed by atoms with Crippen molar-refractivity contribution in [1.82, 2.24) is 14.8 Å². The van der Waals surface area contributed by atoms with Crippen molar-refractivity contribution >= 4 is 5.97 Å². The van der Waals surface area contributed by atoms with Crippen LogP contribution < -0.4 is 0 Å². The van der Waals surface area contributed by atoms with E-state index in [0.29, 0.717) is 11.8 Å². The van der Waals surface area contributed by atoms with E-state index in [-0.39, 0.29) is 5.82 Å². The van der Waals surface area contributed by atoms with Gasteiger partial charge in [0.25, 0.3) is 5.82 Å². The van der Waals surface area contributed by atoms with E-state index in [4.69, 9.17) is 5.11 Å². The first-order valence-corrected chi connectivity index (χ1v) is 6.87. The lowest BCUT2D eigenvalue weighted by Gasteiger charge is -2.08. The molecule has 1 N–H and O–H groups in total. The van der Waals surface area contributed by atoms with Crippen LogP contribution in [0.3, 0.4) is 0 Å². The molecule has 104 valence electrons. The van der Waals surface area contributed by atoms with Crippen molar-refractivity contribution in [3.05, 3.63) is 41.5 Å². The van der Waals surface area contributed by atoms with Crippen molar-refractivity contribution in [2.45, 2.75) is 38.5 Å². The zero-order chi connectivity index (χ0) is 14.3. The van der Waals surface area contributed by atoms with Gasteiger partial charge < -0.3 is 5.11 Å². The standard InChI is InChI=1S/C15H17N3O2/c1-9(2)10-5-7-12(8-6-10)18-14(11-3-4-11)16-13(17-18)15(19)20/h5-9,11H,3-4H2,1-2H3,(H,19,20). The molecule has 20 heavy (non-hydrogen) atoms. The van der Waals surface area contributed by atoms with Crippen molar-refractivity contribution in [2.24, 2.45) is 0 Å². The lowest BCUT2D eigenvalue weighted by atomic mass is 10.0. The summed E-state index contributed by atoms with van der Waals surface area (Å²) < 4.78 is 1.67. The molecule has 3 rings (SSSR count). The van der Waals surface area contributed by atoms with Gasteiger partial charge in [-0.15, -0.1) is 5.10 Å². The molecule has 0 bridgehead atoms. The Morgan fingerprint density at radius 2 is 1.95 bits per heavy atom. The van der Waals surface area contributed by atoms with Crippen molar-refractivity contribution in [3.63, 3.8) is 0 Å². The Morgan fingerprint density at radius 3 is 2.45 bits per heavy atom. The minimum absolute atomic E-state index is 0.125. The van der Waals surface area contributed by atoms with Crippen LogP contribution in [0, 0.1) is 0 Å². The van der Waals surface area contributed by atoms with Gasteiger partial charge in [-0.25, -0.2) is 14.5 Å². The molecule has 1 fully saturated rings. The lowest BCUT2D eigenvalue weighted by Crippen LogP contribution is -2.03. The maximum absolute atomic E-state index is 11.0. The Labute approximate surface area is 117 Å². The fourth-order valence-electron chi connectivity index (χ4n) is 2.21. The average Bonchev–Trinajstić information content (AvgIpc) is 3.17. The monoisotopic (exact) mass is 271 g/mol. The molecule has 1 aliphatic rings. The van der Waals surface area contributed by atoms with E-state index in [1.54, 1.807) is 4.68 Å². The maximum atomic E-state index is 11.0. The number of carboxylic acids is 1. The van der Waals surface area contributed by atoms with Gasteiger partial charge in [-0.1, -0.05) is 26.0 Å². The van der Waals surface area contributed by atoms with E-state index in [1.807, 2.05) is 12.1 Å². The number of rotatable bonds is 4. The van der Waals surface area contributed by atoms with Gasteiger partial charge in [-0.05, 0) is 36.5 Å². The maximum Gasteiger partial charge on any atom is 0.375 e. The van der Waals surface area contributed by atoms with E-state index >= 15 is 0 Å². The second-order valence-corrected chi connectivity index (χ2v) is 5.53. The molecule has 0 aliphatic heterocycles. The highest BCUT2D eigenvalue weighted by atomic mass is 16.4. The second kappa shape index (κ2) is 4.74. The summed E-state index contributed by atoms with van der Waals surface area (Å²) in [5.41, 5.74) is 2.12. The Balaban J connectivity index is 2.01. The molecular weight excluding hydrogens is 254 g/mol. The molecule has 1 aromatic heterocycles. The van der Waals surface area contributed by atoms with Crippen LogP contribution in [0.5, 0.6) is 0 Å². The van der Waals surface area contributed by atoms with Gasteiger partial charge in [0.05, 0.1) is 5.69 Å². The molecule has 1 aliphatic carbocycles. The quantitative estimate of drug-likeness (QED) is 0.928. The summed E-state index contributed by atoms with van der Waals surface area (Å²) in [5.74, 6) is 0.377. The smallest absolute Gasteiger partial charge is 0.375 e. The number of benzene rings is 1. The van der Waals surface area contributed by atoms with E-state index in [2.05, 4.69) is 36.1 Å². The molecule has 1 aromatic carbocycles. The predicted octanol–water partition coefficient (Wildman–Crippen LogP) is 2.97. The Kier molecular flexibility index (Phi) is 3.04. The van der Waals surface area contributed by atoms with Gasteiger partial charge >= 0.3 is 5.97 Å². The molecule has 0 unspecified atom stereocenters. The number of aromatic nitrogens is 3. The first kappa shape index (κ1) is 12.8. The summed E-state index contributed by atoms with van der Waals surface area (Å²) >= 11 is 0. The number of carbonyl (C=O) groups is 1. The minimum Gasteiger partial charge on any atom is -0.475 e. The zero-order valence-electron chi connectivity index (χ0n) is 11.6. The minimum atomic E-state index is -1.08. The van der Waals surface area contributed by atoms with Gasteiger partial charge in [0.1, 0.15) is 5.82 Å². The normalized spacial score (nSPS) is 14.8. The third kappa shape index (κ3) is 2.31. The molecule has 0 saturated heterocycles. The van der Waals surface area contributed by atoms with Crippen LogP contribution in [0.4, 0.5) is 0 Å². The van der Waals surface area contributed by atoms with Crippen molar-refractivity contribution < 1.29 is 9.90 Å². The topological polar surface area (TPSA) is 68.0 Å². The van der Waals surface area contributed by atoms with Gasteiger partial charge in [-0.2, -0.15) is 0 Å². The Bertz CT molecular complexity index is 640. The second-order valence-electron chi connectivity index (χ2n) is 5.53. The van der Waals surface area contributed by atoms with Crippen LogP contribution >= 0.6 is 0 Å². The molecule has 2 aromatic rings. The van der Waals surface area contributed by atoms with E-state index in [0.717, 1.165) is 24.4 Å². The number of hydrogen-bond acceptors (Lipinski definition) is 3. The van der Waals surface area contributed by atoms with Crippen LogP contribution in [0.2, 0.25) is 0 Å². The summed E-state index contributed by atoms with van der Waals surface area (Å²) in [6.07, 6.45) is 2.11. The first-order valence-electron chi connectivity index (χ1n) is 6.87. The van der Waals surface area contributed by atoms with Crippen LogP contribution in [0.25, 0.3) is 5.69 Å². The molecule has 0 atom stereocenters. The van der Waals surface area contributed by atoms with Crippen molar-refractivity contribution in [1.29, 1.82) is 0 Å². The van der Waals surface area contributed by atoms with Crippen LogP contribution in [0.1, 0.15) is 60.5 Å². The summed E-state index contributed by atoms with van der Waals surface area (Å²) in [6, 6.07) is 8.06. The largest absolute Gasteiger partial charge is 0.475 e. The summed E-state index contributed by atoms with van der Waals surface area (Å²) in [6.45, 7) is 4.28. The Hall–Kier alpha value is -2.17. The van der Waals surface area contributed by atoms with E-state index in [9.17, 15) is 4.79 Å². The zero-order valence-corrected chi connectivity index (χ0v) is 11.6. The predicted molar refractivity (Wildman–Crippen MR) is 74.4 cm³/mol. The summed E-state index contributed by atoms with van der Waals surface area (Å²) in [4.78, 5) is 15.2. The number of aromatic carboxylic acids is 1.